The van der Waals surface area contributed by atoms with Crippen LogP contribution in [0.4, 0.5) is 10.1 Å². The van der Waals surface area contributed by atoms with E-state index in [1.807, 2.05) is 12.1 Å². The molecule has 2 aliphatic heterocycles. The van der Waals surface area contributed by atoms with E-state index in [9.17, 15) is 9.18 Å². The fraction of sp³-hybridized carbons (Fsp3) is 0.292. The molecule has 0 unspecified atom stereocenters. The van der Waals surface area contributed by atoms with E-state index in [2.05, 4.69) is 10.3 Å². The number of hydrogen-bond acceptors (Lipinski definition) is 6. The molecule has 32 heavy (non-hydrogen) atoms. The van der Waals surface area contributed by atoms with Crippen LogP contribution in [-0.4, -0.2) is 28.6 Å². The van der Waals surface area contributed by atoms with Gasteiger partial charge in [-0.3, -0.25) is 14.8 Å². The van der Waals surface area contributed by atoms with E-state index in [0.29, 0.717) is 37.2 Å². The van der Waals surface area contributed by atoms with Gasteiger partial charge in [-0.15, -0.1) is 0 Å². The Hall–Kier alpha value is -3.52. The first-order valence-corrected chi connectivity index (χ1v) is 10.6. The Morgan fingerprint density at radius 1 is 1.19 bits per heavy atom. The molecule has 1 N–H and O–H groups in total. The summed E-state index contributed by atoms with van der Waals surface area (Å²) in [6.07, 6.45) is 6.19. The van der Waals surface area contributed by atoms with E-state index >= 15 is 0 Å². The second kappa shape index (κ2) is 8.55. The Morgan fingerprint density at radius 3 is 2.81 bits per heavy atom. The molecule has 4 heterocycles. The van der Waals surface area contributed by atoms with Crippen LogP contribution >= 0.6 is 0 Å². The molecule has 2 aliphatic rings. The molecule has 3 aromatic rings. The Labute approximate surface area is 184 Å². The van der Waals surface area contributed by atoms with Crippen molar-refractivity contribution in [3.05, 3.63) is 70.7 Å². The lowest BCUT2D eigenvalue weighted by Gasteiger charge is -2.29. The van der Waals surface area contributed by atoms with Crippen LogP contribution in [0.2, 0.25) is 0 Å². The second-order valence-corrected chi connectivity index (χ2v) is 8.00. The Morgan fingerprint density at radius 2 is 2.03 bits per heavy atom. The molecule has 1 fully saturated rings. The predicted molar refractivity (Wildman–Crippen MR) is 120 cm³/mol. The topological polar surface area (TPSA) is 77.7 Å². The monoisotopic (exact) mass is 434 g/mol. The van der Waals surface area contributed by atoms with Gasteiger partial charge < -0.3 is 19.4 Å². The number of nitrogens with one attached hydrogen (secondary N) is 1. The fourth-order valence-electron chi connectivity index (χ4n) is 4.08. The molecule has 0 saturated carbocycles. The lowest BCUT2D eigenvalue weighted by atomic mass is 9.95. The van der Waals surface area contributed by atoms with Crippen LogP contribution in [0.1, 0.15) is 18.4 Å². The van der Waals surface area contributed by atoms with E-state index < -0.39 is 5.82 Å². The molecule has 0 bridgehead atoms. The highest BCUT2D eigenvalue weighted by atomic mass is 19.1. The van der Waals surface area contributed by atoms with Crippen molar-refractivity contribution in [1.82, 2.24) is 9.55 Å². The molecule has 8 heteroatoms. The van der Waals surface area contributed by atoms with E-state index in [1.54, 1.807) is 19.3 Å². The number of rotatable bonds is 4. The number of halogens is 1. The molecule has 5 rings (SSSR count). The summed E-state index contributed by atoms with van der Waals surface area (Å²) >= 11 is 0. The summed E-state index contributed by atoms with van der Waals surface area (Å²) in [6, 6.07) is 8.52. The van der Waals surface area contributed by atoms with Gasteiger partial charge in [-0.25, -0.2) is 4.39 Å². The van der Waals surface area contributed by atoms with Gasteiger partial charge in [0, 0.05) is 61.2 Å². The maximum atomic E-state index is 13.8. The van der Waals surface area contributed by atoms with Gasteiger partial charge in [-0.1, -0.05) is 12.1 Å². The van der Waals surface area contributed by atoms with Crippen LogP contribution in [0.3, 0.4) is 0 Å². The number of amidine groups is 1. The van der Waals surface area contributed by atoms with Gasteiger partial charge in [-0.2, -0.15) is 0 Å². The van der Waals surface area contributed by atoms with Gasteiger partial charge in [0.1, 0.15) is 17.4 Å². The number of aromatic nitrogens is 2. The van der Waals surface area contributed by atoms with Crippen LogP contribution in [0.25, 0.3) is 11.1 Å². The lowest BCUT2D eigenvalue weighted by Crippen LogP contribution is -2.31. The SMILES string of the molecule is Cn1cc(-c2ccc3c(c2Oc2cncc(F)c2)NC(C2CCOCC2)=NC3)ccc1=O. The average molecular weight is 434 g/mol. The Bertz CT molecular complexity index is 1250. The van der Waals surface area contributed by atoms with Crippen molar-refractivity contribution in [3.63, 3.8) is 0 Å². The summed E-state index contributed by atoms with van der Waals surface area (Å²) in [4.78, 5) is 20.6. The van der Waals surface area contributed by atoms with Crippen LogP contribution in [0.5, 0.6) is 11.5 Å². The Balaban J connectivity index is 1.60. The molecular formula is C24H23FN4O3. The number of hydrogen-bond donors (Lipinski definition) is 1. The number of benzene rings is 1. The number of pyridine rings is 2. The smallest absolute Gasteiger partial charge is 0.250 e. The summed E-state index contributed by atoms with van der Waals surface area (Å²) in [5, 5.41) is 3.49. The van der Waals surface area contributed by atoms with E-state index in [4.69, 9.17) is 14.5 Å². The molecule has 0 radical (unpaired) electrons. The minimum atomic E-state index is -0.478. The first-order valence-electron chi connectivity index (χ1n) is 10.6. The van der Waals surface area contributed by atoms with Gasteiger partial charge in [0.05, 0.1) is 24.6 Å². The molecule has 2 aromatic heterocycles. The second-order valence-electron chi connectivity index (χ2n) is 8.00. The van der Waals surface area contributed by atoms with E-state index in [0.717, 1.165) is 47.3 Å². The van der Waals surface area contributed by atoms with Crippen molar-refractivity contribution in [2.75, 3.05) is 18.5 Å². The van der Waals surface area contributed by atoms with E-state index in [1.165, 1.54) is 22.9 Å². The normalized spacial score (nSPS) is 16.1. The largest absolute Gasteiger partial charge is 0.453 e. The highest BCUT2D eigenvalue weighted by Gasteiger charge is 2.26. The average Bonchev–Trinajstić information content (AvgIpc) is 2.81. The molecule has 0 spiro atoms. The highest BCUT2D eigenvalue weighted by molar-refractivity contribution is 6.02. The van der Waals surface area contributed by atoms with Gasteiger partial charge in [0.25, 0.3) is 0 Å². The Kier molecular flexibility index (Phi) is 5.45. The number of nitrogens with zero attached hydrogens (tertiary/aromatic N) is 3. The molecule has 1 saturated heterocycles. The summed E-state index contributed by atoms with van der Waals surface area (Å²) in [7, 11) is 1.70. The lowest BCUT2D eigenvalue weighted by molar-refractivity contribution is 0.0827. The molecule has 164 valence electrons. The number of fused-ring (bicyclic) bond motifs is 1. The van der Waals surface area contributed by atoms with Gasteiger partial charge >= 0.3 is 0 Å². The highest BCUT2D eigenvalue weighted by Crippen LogP contribution is 2.43. The fourth-order valence-corrected chi connectivity index (χ4v) is 4.08. The summed E-state index contributed by atoms with van der Waals surface area (Å²) in [6.45, 7) is 1.96. The summed E-state index contributed by atoms with van der Waals surface area (Å²) < 4.78 is 27.0. The van der Waals surface area contributed by atoms with E-state index in [-0.39, 0.29) is 5.56 Å². The first kappa shape index (κ1) is 20.4. The van der Waals surface area contributed by atoms with Crippen molar-refractivity contribution < 1.29 is 13.9 Å². The number of anilines is 1. The summed E-state index contributed by atoms with van der Waals surface area (Å²) in [5.41, 5.74) is 3.27. The number of aliphatic imine (C=N–C) groups is 1. The van der Waals surface area contributed by atoms with Gasteiger partial charge in [0.2, 0.25) is 5.56 Å². The number of ether oxygens (including phenoxy) is 2. The van der Waals surface area contributed by atoms with Crippen LogP contribution in [0.15, 0.2) is 58.7 Å². The molecule has 7 nitrogen and oxygen atoms in total. The van der Waals surface area contributed by atoms with Crippen molar-refractivity contribution in [2.24, 2.45) is 18.0 Å². The van der Waals surface area contributed by atoms with Crippen molar-refractivity contribution in [2.45, 2.75) is 19.4 Å². The predicted octanol–water partition coefficient (Wildman–Crippen LogP) is 4.13. The zero-order chi connectivity index (χ0) is 22.1. The van der Waals surface area contributed by atoms with Crippen LogP contribution in [-0.2, 0) is 18.3 Å². The third-order valence-electron chi connectivity index (χ3n) is 5.82. The molecule has 0 aliphatic carbocycles. The third-order valence-corrected chi connectivity index (χ3v) is 5.82. The van der Waals surface area contributed by atoms with Crippen molar-refractivity contribution >= 4 is 11.5 Å². The zero-order valence-electron chi connectivity index (χ0n) is 17.7. The van der Waals surface area contributed by atoms with Crippen molar-refractivity contribution in [3.8, 4) is 22.6 Å². The molecule has 0 amide bonds. The van der Waals surface area contributed by atoms with Gasteiger partial charge in [0.15, 0.2) is 5.75 Å². The minimum Gasteiger partial charge on any atom is -0.453 e. The quantitative estimate of drug-likeness (QED) is 0.668. The number of aryl methyl sites for hydroxylation is 1. The molecular weight excluding hydrogens is 411 g/mol. The molecule has 0 atom stereocenters. The minimum absolute atomic E-state index is 0.101. The standard InChI is InChI=1S/C24H23FN4O3/c1-29-14-17(3-5-21(29)30)20-4-2-16-11-27-24(15-6-8-31-9-7-15)28-22(16)23(20)32-19-10-18(25)12-26-13-19/h2-5,10,12-15H,6-9,11H2,1H3,(H,27,28). The zero-order valence-corrected chi connectivity index (χ0v) is 17.7. The van der Waals surface area contributed by atoms with Crippen molar-refractivity contribution in [1.29, 1.82) is 0 Å². The maximum Gasteiger partial charge on any atom is 0.250 e. The third kappa shape index (κ3) is 4.01. The first-order chi connectivity index (χ1) is 15.6. The van der Waals surface area contributed by atoms with Crippen LogP contribution in [0, 0.1) is 11.7 Å². The summed E-state index contributed by atoms with van der Waals surface area (Å²) in [5.74, 6) is 1.57. The maximum absolute atomic E-state index is 13.8. The van der Waals surface area contributed by atoms with Crippen LogP contribution < -0.4 is 15.6 Å². The van der Waals surface area contributed by atoms with Gasteiger partial charge in [-0.05, 0) is 18.9 Å². The molecule has 1 aromatic carbocycles.